The number of aliphatic hydroxyl groups is 3. The minimum Gasteiger partial charge on any atom is -0.508 e. The quantitative estimate of drug-likeness (QED) is 0.202. The fourth-order valence-electron chi connectivity index (χ4n) is 6.37. The van der Waals surface area contributed by atoms with Crippen molar-refractivity contribution in [3.05, 3.63) is 52.3 Å². The Bertz CT molecular complexity index is 1310. The van der Waals surface area contributed by atoms with Crippen molar-refractivity contribution in [2.45, 2.75) is 43.7 Å². The smallest absolute Gasteiger partial charge is 0.255 e. The standard InChI is InChI=1S/C28H35N3O7/c1-6-7-8-9-13-12-17(30(2)3)15-10-14-11-16-21(31(4)5)24(34)20(27(29)37)26(36)28(16,38)25(35)18(14)23(33)19(15)22(13)32/h6,12,14,16,21,32-33,36,38H,1,7-11H2,2-5H3,(H2,29,37)/t14-,16-,21-,28-/m0/s1. The molecule has 10 nitrogen and oxygen atoms in total. The summed E-state index contributed by atoms with van der Waals surface area (Å²) in [5.41, 5.74) is 3.86. The van der Waals surface area contributed by atoms with Crippen molar-refractivity contribution in [3.8, 4) is 5.75 Å². The second kappa shape index (κ2) is 9.59. The zero-order valence-electron chi connectivity index (χ0n) is 22.1. The number of nitrogens with two attached hydrogens (primary N) is 1. The third-order valence-electron chi connectivity index (χ3n) is 8.11. The number of unbranched alkanes of at least 4 members (excludes halogenated alkanes) is 1. The maximum absolute atomic E-state index is 14.0. The molecule has 0 bridgehead atoms. The lowest BCUT2D eigenvalue weighted by molar-refractivity contribution is -0.153. The van der Waals surface area contributed by atoms with Gasteiger partial charge in [0, 0.05) is 31.3 Å². The van der Waals surface area contributed by atoms with Crippen molar-refractivity contribution >= 4 is 28.9 Å². The molecule has 0 saturated heterocycles. The van der Waals surface area contributed by atoms with E-state index in [0.29, 0.717) is 17.5 Å². The molecule has 1 aromatic carbocycles. The van der Waals surface area contributed by atoms with Gasteiger partial charge in [0.1, 0.15) is 22.8 Å². The molecule has 6 N–H and O–H groups in total. The highest BCUT2D eigenvalue weighted by atomic mass is 16.3. The molecule has 0 spiro atoms. The summed E-state index contributed by atoms with van der Waals surface area (Å²) in [6, 6.07) is 0.762. The second-order valence-corrected chi connectivity index (χ2v) is 10.8. The number of anilines is 1. The van der Waals surface area contributed by atoms with Crippen LogP contribution in [0.1, 0.15) is 36.0 Å². The number of phenolic OH excluding ortho intramolecular Hbond substituents is 1. The summed E-state index contributed by atoms with van der Waals surface area (Å²) in [6.07, 6.45) is 4.05. The van der Waals surface area contributed by atoms with Crippen molar-refractivity contribution in [2.75, 3.05) is 33.1 Å². The number of amides is 1. The second-order valence-electron chi connectivity index (χ2n) is 10.8. The number of likely N-dealkylation sites (N-methyl/N-ethyl adjacent to an activating group) is 1. The number of ketones is 2. The van der Waals surface area contributed by atoms with Crippen LogP contribution in [0, 0.1) is 11.8 Å². The number of phenols is 1. The number of carbonyl (C=O) groups is 3. The van der Waals surface area contributed by atoms with Crippen LogP contribution < -0.4 is 10.6 Å². The Morgan fingerprint density at radius 2 is 1.87 bits per heavy atom. The molecule has 3 aliphatic carbocycles. The van der Waals surface area contributed by atoms with Crippen LogP contribution in [-0.2, 0) is 27.2 Å². The number of carbonyl (C=O) groups excluding carboxylic acids is 3. The first kappa shape index (κ1) is 27.4. The first-order valence-corrected chi connectivity index (χ1v) is 12.6. The lowest BCUT2D eigenvalue weighted by Crippen LogP contribution is -2.65. The summed E-state index contributed by atoms with van der Waals surface area (Å²) < 4.78 is 0. The number of fused-ring (bicyclic) bond motifs is 3. The molecule has 0 radical (unpaired) electrons. The Kier molecular flexibility index (Phi) is 6.92. The average molecular weight is 526 g/mol. The first-order chi connectivity index (χ1) is 17.8. The average Bonchev–Trinajstić information content (AvgIpc) is 2.82. The largest absolute Gasteiger partial charge is 0.508 e. The fourth-order valence-corrected chi connectivity index (χ4v) is 6.37. The molecule has 3 aliphatic rings. The zero-order valence-corrected chi connectivity index (χ0v) is 22.1. The molecule has 1 aromatic rings. The number of primary amides is 1. The Labute approximate surface area is 221 Å². The molecule has 10 heteroatoms. The van der Waals surface area contributed by atoms with Crippen molar-refractivity contribution < 1.29 is 34.8 Å². The van der Waals surface area contributed by atoms with Crippen LogP contribution in [-0.4, -0.2) is 82.6 Å². The molecular weight excluding hydrogens is 490 g/mol. The monoisotopic (exact) mass is 525 g/mol. The highest BCUT2D eigenvalue weighted by Crippen LogP contribution is 2.54. The molecule has 204 valence electrons. The summed E-state index contributed by atoms with van der Waals surface area (Å²) in [5, 5.41) is 45.4. The first-order valence-electron chi connectivity index (χ1n) is 12.6. The van der Waals surface area contributed by atoms with Gasteiger partial charge < -0.3 is 31.1 Å². The summed E-state index contributed by atoms with van der Waals surface area (Å²) in [5.74, 6) is -6.48. The van der Waals surface area contributed by atoms with E-state index in [2.05, 4.69) is 6.58 Å². The molecule has 38 heavy (non-hydrogen) atoms. The van der Waals surface area contributed by atoms with Crippen LogP contribution in [0.4, 0.5) is 5.69 Å². The predicted molar refractivity (Wildman–Crippen MR) is 142 cm³/mol. The van der Waals surface area contributed by atoms with Crippen LogP contribution in [0.15, 0.2) is 35.6 Å². The van der Waals surface area contributed by atoms with Gasteiger partial charge >= 0.3 is 0 Å². The molecule has 1 saturated carbocycles. The topological polar surface area (TPSA) is 165 Å². The van der Waals surface area contributed by atoms with E-state index in [-0.39, 0.29) is 29.7 Å². The van der Waals surface area contributed by atoms with E-state index < -0.39 is 58.0 Å². The van der Waals surface area contributed by atoms with Crippen LogP contribution >= 0.6 is 0 Å². The van der Waals surface area contributed by atoms with E-state index in [1.165, 1.54) is 4.90 Å². The third kappa shape index (κ3) is 3.82. The van der Waals surface area contributed by atoms with Crippen molar-refractivity contribution in [2.24, 2.45) is 17.6 Å². The van der Waals surface area contributed by atoms with Crippen molar-refractivity contribution in [3.63, 3.8) is 0 Å². The Morgan fingerprint density at radius 1 is 1.21 bits per heavy atom. The molecule has 1 amide bonds. The number of aliphatic hydroxyl groups excluding tert-OH is 2. The molecule has 0 heterocycles. The van der Waals surface area contributed by atoms with E-state index in [4.69, 9.17) is 5.73 Å². The van der Waals surface area contributed by atoms with E-state index in [1.807, 2.05) is 25.1 Å². The summed E-state index contributed by atoms with van der Waals surface area (Å²) >= 11 is 0. The lowest BCUT2D eigenvalue weighted by Gasteiger charge is -2.50. The number of hydrogen-bond donors (Lipinski definition) is 5. The normalized spacial score (nSPS) is 26.7. The number of allylic oxidation sites excluding steroid dienone is 1. The maximum atomic E-state index is 14.0. The van der Waals surface area contributed by atoms with Gasteiger partial charge in [0.15, 0.2) is 11.4 Å². The van der Waals surface area contributed by atoms with Crippen LogP contribution in [0.25, 0.3) is 5.76 Å². The van der Waals surface area contributed by atoms with Gasteiger partial charge in [-0.15, -0.1) is 6.58 Å². The summed E-state index contributed by atoms with van der Waals surface area (Å²) in [7, 11) is 6.83. The summed E-state index contributed by atoms with van der Waals surface area (Å²) in [6.45, 7) is 3.72. The molecule has 1 fully saturated rings. The number of Topliss-reactive ketones (excluding diaryl/α,β-unsaturated/α-hetero) is 2. The van der Waals surface area contributed by atoms with Gasteiger partial charge in [-0.2, -0.15) is 0 Å². The highest BCUT2D eigenvalue weighted by Gasteiger charge is 2.64. The maximum Gasteiger partial charge on any atom is 0.255 e. The third-order valence-corrected chi connectivity index (χ3v) is 8.11. The van der Waals surface area contributed by atoms with E-state index in [1.54, 1.807) is 20.2 Å². The Balaban J connectivity index is 1.96. The minimum atomic E-state index is -2.65. The van der Waals surface area contributed by atoms with Gasteiger partial charge in [0.2, 0.25) is 5.78 Å². The van der Waals surface area contributed by atoms with E-state index >= 15 is 0 Å². The number of hydrogen-bond acceptors (Lipinski definition) is 9. The van der Waals surface area contributed by atoms with E-state index in [9.17, 15) is 34.8 Å². The van der Waals surface area contributed by atoms with Gasteiger partial charge in [-0.3, -0.25) is 19.3 Å². The lowest BCUT2D eigenvalue weighted by atomic mass is 9.57. The molecule has 4 atom stereocenters. The van der Waals surface area contributed by atoms with Crippen molar-refractivity contribution in [1.29, 1.82) is 0 Å². The number of benzene rings is 1. The zero-order chi connectivity index (χ0) is 28.3. The number of nitrogens with zero attached hydrogens (tertiary/aromatic N) is 2. The van der Waals surface area contributed by atoms with Gasteiger partial charge in [0.25, 0.3) is 5.91 Å². The predicted octanol–water partition coefficient (Wildman–Crippen LogP) is 1.54. The van der Waals surface area contributed by atoms with Crippen LogP contribution in [0.3, 0.4) is 0 Å². The Hall–Kier alpha value is -3.63. The SMILES string of the molecule is C=CCCCc1cc(N(C)C)c2c(c1O)C(O)=C1C(=O)[C@]3(O)C(O)=C(C(N)=O)C(=O)[C@@H](N(C)C)[C@@H]3C[C@@H]1C2. The molecule has 0 unspecified atom stereocenters. The summed E-state index contributed by atoms with van der Waals surface area (Å²) in [4.78, 5) is 42.6. The molecular formula is C28H35N3O7. The van der Waals surface area contributed by atoms with Gasteiger partial charge in [-0.05, 0) is 69.3 Å². The van der Waals surface area contributed by atoms with Gasteiger partial charge in [0.05, 0.1) is 11.6 Å². The molecule has 0 aromatic heterocycles. The van der Waals surface area contributed by atoms with Gasteiger partial charge in [-0.1, -0.05) is 6.08 Å². The number of aromatic hydroxyl groups is 1. The Morgan fingerprint density at radius 3 is 2.42 bits per heavy atom. The van der Waals surface area contributed by atoms with Crippen LogP contribution in [0.2, 0.25) is 0 Å². The molecule has 0 aliphatic heterocycles. The number of rotatable bonds is 7. The molecule has 4 rings (SSSR count). The van der Waals surface area contributed by atoms with Crippen molar-refractivity contribution in [1.82, 2.24) is 4.90 Å². The number of aryl methyl sites for hydroxylation is 1. The van der Waals surface area contributed by atoms with Gasteiger partial charge in [-0.25, -0.2) is 0 Å². The van der Waals surface area contributed by atoms with Crippen LogP contribution in [0.5, 0.6) is 5.75 Å². The highest BCUT2D eigenvalue weighted by molar-refractivity contribution is 6.24. The fraction of sp³-hybridized carbons (Fsp3) is 0.464. The van der Waals surface area contributed by atoms with E-state index in [0.717, 1.165) is 18.5 Å². The minimum absolute atomic E-state index is 0.0560.